The lowest BCUT2D eigenvalue weighted by Gasteiger charge is -2.20. The Hall–Kier alpha value is -2.41. The average molecular weight is 548 g/mol. The number of aromatic amines is 1. The van der Waals surface area contributed by atoms with Gasteiger partial charge in [0.05, 0.1) is 12.6 Å². The second kappa shape index (κ2) is 18.8. The van der Waals surface area contributed by atoms with Crippen LogP contribution in [0.25, 0.3) is 0 Å². The molecule has 1 aliphatic rings. The minimum atomic E-state index is -0.900. The number of aliphatic hydroxyl groups excluding tert-OH is 1. The predicted octanol–water partition coefficient (Wildman–Crippen LogP) is 4.17. The average Bonchev–Trinajstić information content (AvgIpc) is 3.25. The third-order valence-electron chi connectivity index (χ3n) is 7.33. The highest BCUT2D eigenvalue weighted by atomic mass is 16.6. The molecule has 3 N–H and O–H groups in total. The van der Waals surface area contributed by atoms with E-state index in [1.165, 1.54) is 82.1 Å². The Labute approximate surface area is 233 Å². The van der Waals surface area contributed by atoms with E-state index in [-0.39, 0.29) is 18.0 Å². The van der Waals surface area contributed by atoms with Crippen LogP contribution in [0.2, 0.25) is 0 Å². The summed E-state index contributed by atoms with van der Waals surface area (Å²) in [5.41, 5.74) is -1.23. The number of aromatic nitrogens is 2. The second-order valence-electron chi connectivity index (χ2n) is 10.4. The lowest BCUT2D eigenvalue weighted by Crippen LogP contribution is -2.39. The molecule has 0 saturated carbocycles. The van der Waals surface area contributed by atoms with Crippen LogP contribution in [0, 0.1) is 11.8 Å². The molecule has 0 aromatic carbocycles. The van der Waals surface area contributed by atoms with Crippen molar-refractivity contribution >= 4 is 5.91 Å². The Balaban J connectivity index is 1.67. The van der Waals surface area contributed by atoms with Gasteiger partial charge in [-0.2, -0.15) is 0 Å². The number of nitrogens with zero attached hydrogens (tertiary/aromatic N) is 1. The van der Waals surface area contributed by atoms with Crippen LogP contribution >= 0.6 is 0 Å². The molecule has 4 atom stereocenters. The van der Waals surface area contributed by atoms with Gasteiger partial charge in [-0.1, -0.05) is 103 Å². The molecular formula is C30H49N3O6. The first-order valence-corrected chi connectivity index (χ1v) is 14.9. The van der Waals surface area contributed by atoms with Gasteiger partial charge in [0.15, 0.2) is 6.23 Å². The number of H-pyrrole nitrogens is 1. The van der Waals surface area contributed by atoms with Gasteiger partial charge >= 0.3 is 5.69 Å². The molecule has 1 saturated heterocycles. The topological polar surface area (TPSA) is 123 Å². The number of aliphatic hydroxyl groups is 1. The van der Waals surface area contributed by atoms with Crippen LogP contribution in [0.4, 0.5) is 0 Å². The number of unbranched alkanes of at least 4 members (excludes halogenated alkanes) is 12. The van der Waals surface area contributed by atoms with Crippen molar-refractivity contribution < 1.29 is 19.4 Å². The number of carbonyl (C=O) groups is 1. The van der Waals surface area contributed by atoms with Gasteiger partial charge < -0.3 is 19.9 Å². The molecule has 2 heterocycles. The second-order valence-corrected chi connectivity index (χ2v) is 10.4. The summed E-state index contributed by atoms with van der Waals surface area (Å²) < 4.78 is 12.3. The summed E-state index contributed by atoms with van der Waals surface area (Å²) in [6.45, 7) is 4.22. The van der Waals surface area contributed by atoms with Crippen molar-refractivity contribution in [2.75, 3.05) is 13.7 Å². The number of carbonyl (C=O) groups excluding carboxylic acids is 1. The fraction of sp³-hybridized carbons (Fsp3) is 0.767. The van der Waals surface area contributed by atoms with Crippen molar-refractivity contribution in [3.8, 4) is 11.8 Å². The van der Waals surface area contributed by atoms with Crippen molar-refractivity contribution in [1.82, 2.24) is 14.9 Å². The van der Waals surface area contributed by atoms with Crippen molar-refractivity contribution in [2.45, 2.75) is 135 Å². The monoisotopic (exact) mass is 547 g/mol. The summed E-state index contributed by atoms with van der Waals surface area (Å²) in [6, 6.07) is 0. The first kappa shape index (κ1) is 32.8. The largest absolute Gasteiger partial charge is 0.388 e. The molecule has 9 nitrogen and oxygen atoms in total. The lowest BCUT2D eigenvalue weighted by molar-refractivity contribution is -0.120. The van der Waals surface area contributed by atoms with Gasteiger partial charge in [0, 0.05) is 19.7 Å². The third-order valence-corrected chi connectivity index (χ3v) is 7.33. The maximum Gasteiger partial charge on any atom is 0.330 e. The molecule has 9 heteroatoms. The van der Waals surface area contributed by atoms with Crippen LogP contribution < -0.4 is 16.6 Å². The van der Waals surface area contributed by atoms with E-state index in [1.54, 1.807) is 0 Å². The standard InChI is InChI=1S/C30H49N3O6/c1-4-6-7-8-9-10-11-12-13-14-15-16-17-20-25(34)31-21-18-19-23-22-33(30(37)32-28(23)36)29-27(38-3)26(35)24(5-2)39-29/h22,24,26-27,29,35H,4-17,20-21H2,1-3H3,(H,31,34)(H,32,36,37)/t24-,26+,27?,29-/m1/s1. The zero-order valence-electron chi connectivity index (χ0n) is 24.1. The highest BCUT2D eigenvalue weighted by Crippen LogP contribution is 2.31. The van der Waals surface area contributed by atoms with E-state index in [9.17, 15) is 19.5 Å². The van der Waals surface area contributed by atoms with Gasteiger partial charge in [-0.25, -0.2) is 4.79 Å². The number of amides is 1. The Bertz CT molecular complexity index is 1020. The zero-order chi connectivity index (χ0) is 28.5. The van der Waals surface area contributed by atoms with E-state index >= 15 is 0 Å². The van der Waals surface area contributed by atoms with Crippen LogP contribution in [0.1, 0.15) is 122 Å². The Morgan fingerprint density at radius 1 is 1.03 bits per heavy atom. The van der Waals surface area contributed by atoms with Gasteiger partial charge in [0.2, 0.25) is 5.91 Å². The summed E-state index contributed by atoms with van der Waals surface area (Å²) in [5, 5.41) is 13.1. The minimum Gasteiger partial charge on any atom is -0.388 e. The Morgan fingerprint density at radius 2 is 1.62 bits per heavy atom. The van der Waals surface area contributed by atoms with Crippen molar-refractivity contribution in [3.05, 3.63) is 32.6 Å². The predicted molar refractivity (Wildman–Crippen MR) is 153 cm³/mol. The number of methoxy groups -OCH3 is 1. The third kappa shape index (κ3) is 11.3. The lowest BCUT2D eigenvalue weighted by atomic mass is 10.0. The summed E-state index contributed by atoms with van der Waals surface area (Å²) >= 11 is 0. The number of hydrogen-bond acceptors (Lipinski definition) is 6. The molecule has 39 heavy (non-hydrogen) atoms. The molecule has 1 unspecified atom stereocenters. The fourth-order valence-corrected chi connectivity index (χ4v) is 4.97. The fourth-order valence-electron chi connectivity index (χ4n) is 4.97. The molecule has 0 spiro atoms. The Kier molecular flexibility index (Phi) is 15.8. The maximum atomic E-state index is 12.4. The smallest absolute Gasteiger partial charge is 0.330 e. The molecule has 1 aliphatic heterocycles. The summed E-state index contributed by atoms with van der Waals surface area (Å²) in [7, 11) is 1.43. The van der Waals surface area contributed by atoms with E-state index in [0.29, 0.717) is 12.8 Å². The van der Waals surface area contributed by atoms with E-state index in [4.69, 9.17) is 9.47 Å². The highest BCUT2D eigenvalue weighted by Gasteiger charge is 2.44. The summed E-state index contributed by atoms with van der Waals surface area (Å²) in [5.74, 6) is 5.43. The van der Waals surface area contributed by atoms with Gasteiger partial charge in [-0.05, 0) is 12.8 Å². The number of hydrogen-bond donors (Lipinski definition) is 3. The normalized spacial score (nSPS) is 20.5. The quantitative estimate of drug-likeness (QED) is 0.187. The maximum absolute atomic E-state index is 12.4. The number of nitrogens with one attached hydrogen (secondary N) is 2. The number of ether oxygens (including phenoxy) is 2. The molecule has 0 radical (unpaired) electrons. The molecule has 0 bridgehead atoms. The zero-order valence-corrected chi connectivity index (χ0v) is 24.1. The van der Waals surface area contributed by atoms with Gasteiger partial charge in [0.1, 0.15) is 17.8 Å². The van der Waals surface area contributed by atoms with E-state index < -0.39 is 35.8 Å². The van der Waals surface area contributed by atoms with Crippen molar-refractivity contribution in [3.63, 3.8) is 0 Å². The Morgan fingerprint density at radius 3 is 2.18 bits per heavy atom. The number of rotatable bonds is 18. The van der Waals surface area contributed by atoms with Gasteiger partial charge in [-0.3, -0.25) is 19.1 Å². The van der Waals surface area contributed by atoms with E-state index in [2.05, 4.69) is 29.1 Å². The molecule has 2 rings (SSSR count). The molecule has 1 amide bonds. The van der Waals surface area contributed by atoms with Crippen LogP contribution in [0.15, 0.2) is 15.8 Å². The van der Waals surface area contributed by atoms with Crippen LogP contribution in [-0.2, 0) is 14.3 Å². The van der Waals surface area contributed by atoms with Gasteiger partial charge in [-0.15, -0.1) is 0 Å². The molecule has 1 fully saturated rings. The molecule has 1 aromatic rings. The first-order valence-electron chi connectivity index (χ1n) is 14.9. The summed E-state index contributed by atoms with van der Waals surface area (Å²) in [6.07, 6.45) is 15.7. The van der Waals surface area contributed by atoms with Crippen molar-refractivity contribution in [2.24, 2.45) is 0 Å². The van der Waals surface area contributed by atoms with Crippen LogP contribution in [0.3, 0.4) is 0 Å². The molecule has 1 aromatic heterocycles. The SMILES string of the molecule is CCCCCCCCCCCCCCCC(=O)NCC#Cc1cn([C@@H]2O[C@H](CC)[C@H](O)C2OC)c(=O)[nH]c1=O. The highest BCUT2D eigenvalue weighted by molar-refractivity contribution is 5.76. The van der Waals surface area contributed by atoms with E-state index in [0.717, 1.165) is 19.3 Å². The molecular weight excluding hydrogens is 498 g/mol. The first-order chi connectivity index (χ1) is 18.9. The van der Waals surface area contributed by atoms with Crippen LogP contribution in [-0.4, -0.2) is 52.5 Å². The molecule has 220 valence electrons. The van der Waals surface area contributed by atoms with Crippen molar-refractivity contribution in [1.29, 1.82) is 0 Å². The minimum absolute atomic E-state index is 0.0619. The van der Waals surface area contributed by atoms with Gasteiger partial charge in [0.25, 0.3) is 5.56 Å². The van der Waals surface area contributed by atoms with E-state index in [1.807, 2.05) is 6.92 Å². The van der Waals surface area contributed by atoms with Crippen LogP contribution in [0.5, 0.6) is 0 Å². The summed E-state index contributed by atoms with van der Waals surface area (Å²) in [4.78, 5) is 39.0. The molecule has 0 aliphatic carbocycles.